The average Bonchev–Trinajstić information content (AvgIpc) is 2.51. The van der Waals surface area contributed by atoms with Gasteiger partial charge in [0.05, 0.1) is 0 Å². The molecule has 1 heterocycles. The van der Waals surface area contributed by atoms with Crippen molar-refractivity contribution in [2.75, 3.05) is 39.9 Å². The second kappa shape index (κ2) is 10.2. The van der Waals surface area contributed by atoms with Crippen LogP contribution < -0.4 is 5.32 Å². The highest BCUT2D eigenvalue weighted by atomic mass is 79.9. The van der Waals surface area contributed by atoms with Crippen LogP contribution in [0.25, 0.3) is 0 Å². The highest BCUT2D eigenvalue weighted by molar-refractivity contribution is 9.10. The highest BCUT2D eigenvalue weighted by Crippen LogP contribution is 2.19. The number of piperazine rings is 1. The van der Waals surface area contributed by atoms with Crippen LogP contribution >= 0.6 is 28.3 Å². The van der Waals surface area contributed by atoms with Crippen molar-refractivity contribution in [3.63, 3.8) is 0 Å². The van der Waals surface area contributed by atoms with Gasteiger partial charge >= 0.3 is 0 Å². The van der Waals surface area contributed by atoms with E-state index in [0.29, 0.717) is 6.61 Å². The second-order valence-electron chi connectivity index (χ2n) is 5.39. The Balaban J connectivity index is 0.00000242. The zero-order chi connectivity index (χ0) is 15.1. The molecule has 1 N–H and O–H groups in total. The fraction of sp³-hybridized carbons (Fsp3) is 0.562. The normalized spacial score (nSPS) is 16.0. The molecular formula is C16H24BrClN2O2. The highest BCUT2D eigenvalue weighted by Gasteiger charge is 2.25. The van der Waals surface area contributed by atoms with Crippen LogP contribution in [0.3, 0.4) is 0 Å². The van der Waals surface area contributed by atoms with Crippen LogP contribution in [0, 0.1) is 5.92 Å². The third-order valence-corrected chi connectivity index (χ3v) is 4.31. The van der Waals surface area contributed by atoms with E-state index in [1.165, 1.54) is 5.56 Å². The van der Waals surface area contributed by atoms with Gasteiger partial charge in [0.1, 0.15) is 0 Å². The molecule has 1 aromatic carbocycles. The van der Waals surface area contributed by atoms with Gasteiger partial charge in [0.25, 0.3) is 0 Å². The Morgan fingerprint density at radius 3 is 2.77 bits per heavy atom. The number of amides is 1. The van der Waals surface area contributed by atoms with Gasteiger partial charge in [-0.25, -0.2) is 0 Å². The summed E-state index contributed by atoms with van der Waals surface area (Å²) in [5.41, 5.74) is 1.19. The molecular weight excluding hydrogens is 368 g/mol. The summed E-state index contributed by atoms with van der Waals surface area (Å²) in [6.45, 7) is 4.01. The van der Waals surface area contributed by atoms with Crippen LogP contribution in [0.5, 0.6) is 0 Å². The summed E-state index contributed by atoms with van der Waals surface area (Å²) in [6.07, 6.45) is 1.54. The quantitative estimate of drug-likeness (QED) is 0.810. The molecule has 6 heteroatoms. The first-order valence-corrected chi connectivity index (χ1v) is 8.23. The summed E-state index contributed by atoms with van der Waals surface area (Å²) in [5, 5.41) is 3.28. The molecule has 1 unspecified atom stereocenters. The lowest BCUT2D eigenvalue weighted by molar-refractivity contribution is -0.136. The van der Waals surface area contributed by atoms with Crippen molar-refractivity contribution < 1.29 is 9.53 Å². The van der Waals surface area contributed by atoms with Gasteiger partial charge in [0.2, 0.25) is 5.91 Å². The van der Waals surface area contributed by atoms with Gasteiger partial charge in [0, 0.05) is 50.3 Å². The van der Waals surface area contributed by atoms with Gasteiger partial charge in [-0.2, -0.15) is 0 Å². The summed E-state index contributed by atoms with van der Waals surface area (Å²) in [4.78, 5) is 14.7. The number of ether oxygens (including phenoxy) is 1. The Kier molecular flexibility index (Phi) is 9.02. The Morgan fingerprint density at radius 1 is 1.41 bits per heavy atom. The van der Waals surface area contributed by atoms with Crippen LogP contribution in [-0.2, 0) is 16.0 Å². The SMILES string of the molecule is COCCC(Cc1cccc(Br)c1)C(=O)N1CCNCC1.Cl. The number of carbonyl (C=O) groups is 1. The number of rotatable bonds is 6. The predicted octanol–water partition coefficient (Wildman–Crippen LogP) is 2.50. The molecule has 4 nitrogen and oxygen atoms in total. The van der Waals surface area contributed by atoms with E-state index in [9.17, 15) is 4.79 Å². The first-order chi connectivity index (χ1) is 10.2. The molecule has 0 spiro atoms. The van der Waals surface area contributed by atoms with Crippen molar-refractivity contribution in [3.8, 4) is 0 Å². The first-order valence-electron chi connectivity index (χ1n) is 7.43. The van der Waals surface area contributed by atoms with Crippen molar-refractivity contribution in [1.29, 1.82) is 0 Å². The van der Waals surface area contributed by atoms with Crippen molar-refractivity contribution in [1.82, 2.24) is 10.2 Å². The van der Waals surface area contributed by atoms with E-state index < -0.39 is 0 Å². The van der Waals surface area contributed by atoms with E-state index in [-0.39, 0.29) is 24.2 Å². The largest absolute Gasteiger partial charge is 0.385 e. The molecule has 1 amide bonds. The summed E-state index contributed by atoms with van der Waals surface area (Å²) >= 11 is 3.49. The van der Waals surface area contributed by atoms with Crippen LogP contribution in [0.1, 0.15) is 12.0 Å². The summed E-state index contributed by atoms with van der Waals surface area (Å²) in [5.74, 6) is 0.255. The minimum absolute atomic E-state index is 0. The molecule has 0 aromatic heterocycles. The maximum absolute atomic E-state index is 12.7. The molecule has 1 aromatic rings. The molecule has 1 fully saturated rings. The molecule has 0 aliphatic carbocycles. The van der Waals surface area contributed by atoms with E-state index >= 15 is 0 Å². The first kappa shape index (κ1) is 19.4. The lowest BCUT2D eigenvalue weighted by Gasteiger charge is -2.31. The van der Waals surface area contributed by atoms with E-state index in [2.05, 4.69) is 33.4 Å². The number of hydrogen-bond acceptors (Lipinski definition) is 3. The van der Waals surface area contributed by atoms with Crippen molar-refractivity contribution >= 4 is 34.2 Å². The zero-order valence-electron chi connectivity index (χ0n) is 12.9. The van der Waals surface area contributed by atoms with Crippen LogP contribution in [0.4, 0.5) is 0 Å². The molecule has 1 atom stereocenters. The van der Waals surface area contributed by atoms with E-state index in [0.717, 1.165) is 43.5 Å². The lowest BCUT2D eigenvalue weighted by Crippen LogP contribution is -2.48. The molecule has 0 radical (unpaired) electrons. The van der Waals surface area contributed by atoms with Gasteiger partial charge in [-0.05, 0) is 30.5 Å². The average molecular weight is 392 g/mol. The Hall–Kier alpha value is -0.620. The van der Waals surface area contributed by atoms with Crippen molar-refractivity contribution in [3.05, 3.63) is 34.3 Å². The molecule has 1 aliphatic heterocycles. The topological polar surface area (TPSA) is 41.6 Å². The Labute approximate surface area is 147 Å². The monoisotopic (exact) mass is 390 g/mol. The van der Waals surface area contributed by atoms with E-state index in [1.54, 1.807) is 7.11 Å². The smallest absolute Gasteiger partial charge is 0.226 e. The maximum atomic E-state index is 12.7. The molecule has 2 rings (SSSR count). The Bertz CT molecular complexity index is 467. The summed E-state index contributed by atoms with van der Waals surface area (Å²) < 4.78 is 6.23. The van der Waals surface area contributed by atoms with Gasteiger partial charge < -0.3 is 15.0 Å². The van der Waals surface area contributed by atoms with Gasteiger partial charge in [-0.15, -0.1) is 12.4 Å². The summed E-state index contributed by atoms with van der Waals surface area (Å²) in [6, 6.07) is 8.19. The fourth-order valence-electron chi connectivity index (χ4n) is 2.66. The number of methoxy groups -OCH3 is 1. The Morgan fingerprint density at radius 2 is 2.14 bits per heavy atom. The minimum Gasteiger partial charge on any atom is -0.385 e. The van der Waals surface area contributed by atoms with Gasteiger partial charge in [-0.1, -0.05) is 28.1 Å². The molecule has 0 bridgehead atoms. The number of hydrogen-bond donors (Lipinski definition) is 1. The lowest BCUT2D eigenvalue weighted by atomic mass is 9.94. The van der Waals surface area contributed by atoms with Crippen LogP contribution in [-0.4, -0.2) is 50.7 Å². The van der Waals surface area contributed by atoms with Gasteiger partial charge in [0.15, 0.2) is 0 Å². The van der Waals surface area contributed by atoms with E-state index in [1.807, 2.05) is 17.0 Å². The van der Waals surface area contributed by atoms with Crippen LogP contribution in [0.15, 0.2) is 28.7 Å². The molecule has 0 saturated carbocycles. The molecule has 22 heavy (non-hydrogen) atoms. The van der Waals surface area contributed by atoms with Gasteiger partial charge in [-0.3, -0.25) is 4.79 Å². The number of nitrogens with one attached hydrogen (secondary N) is 1. The molecule has 1 saturated heterocycles. The fourth-order valence-corrected chi connectivity index (χ4v) is 3.11. The van der Waals surface area contributed by atoms with Crippen LogP contribution in [0.2, 0.25) is 0 Å². The van der Waals surface area contributed by atoms with E-state index in [4.69, 9.17) is 4.74 Å². The van der Waals surface area contributed by atoms with Crippen molar-refractivity contribution in [2.45, 2.75) is 12.8 Å². The minimum atomic E-state index is -0.00245. The summed E-state index contributed by atoms with van der Waals surface area (Å²) in [7, 11) is 1.69. The zero-order valence-corrected chi connectivity index (χ0v) is 15.3. The molecule has 124 valence electrons. The number of halogens is 2. The standard InChI is InChI=1S/C16H23BrN2O2.ClH/c1-21-10-5-14(11-13-3-2-4-15(17)12-13)16(20)19-8-6-18-7-9-19;/h2-4,12,14,18H,5-11H2,1H3;1H. The number of carbonyl (C=O) groups excluding carboxylic acids is 1. The maximum Gasteiger partial charge on any atom is 0.226 e. The predicted molar refractivity (Wildman–Crippen MR) is 94.5 cm³/mol. The molecule has 1 aliphatic rings. The third kappa shape index (κ3) is 5.88. The third-order valence-electron chi connectivity index (χ3n) is 3.82. The second-order valence-corrected chi connectivity index (χ2v) is 6.30. The number of nitrogens with zero attached hydrogens (tertiary/aromatic N) is 1. The van der Waals surface area contributed by atoms with Crippen molar-refractivity contribution in [2.24, 2.45) is 5.92 Å². The number of benzene rings is 1.